The van der Waals surface area contributed by atoms with Gasteiger partial charge in [0.15, 0.2) is 5.96 Å². The molecule has 0 aliphatic carbocycles. The number of fused-ring (bicyclic) bond motifs is 1. The second-order valence-electron chi connectivity index (χ2n) is 5.48. The van der Waals surface area contributed by atoms with E-state index in [-0.39, 0.29) is 24.0 Å². The number of rotatable bonds is 6. The van der Waals surface area contributed by atoms with E-state index in [1.165, 1.54) is 11.3 Å². The number of ether oxygens (including phenoxy) is 1. The maximum atomic E-state index is 5.38. The first kappa shape index (κ1) is 18.8. The lowest BCUT2D eigenvalue weighted by atomic mass is 10.2. The van der Waals surface area contributed by atoms with Crippen LogP contribution in [0.5, 0.6) is 0 Å². The van der Waals surface area contributed by atoms with Crippen molar-refractivity contribution in [3.63, 3.8) is 0 Å². The van der Waals surface area contributed by atoms with Gasteiger partial charge < -0.3 is 19.4 Å². The molecule has 1 aromatic heterocycles. The highest BCUT2D eigenvalue weighted by molar-refractivity contribution is 14.0. The average molecular weight is 441 g/mol. The fourth-order valence-electron chi connectivity index (χ4n) is 2.79. The number of para-hydroxylation sites is 1. The minimum Gasteiger partial charge on any atom is -0.469 e. The van der Waals surface area contributed by atoms with E-state index in [0.29, 0.717) is 13.2 Å². The Morgan fingerprint density at radius 2 is 2.17 bits per heavy atom. The van der Waals surface area contributed by atoms with Crippen LogP contribution >= 0.6 is 24.0 Å². The normalized spacial score (nSPS) is 13.5. The van der Waals surface area contributed by atoms with Crippen LogP contribution in [0.1, 0.15) is 11.3 Å². The van der Waals surface area contributed by atoms with Crippen LogP contribution in [0.2, 0.25) is 0 Å². The van der Waals surface area contributed by atoms with Crippen molar-refractivity contribution in [2.24, 2.45) is 4.99 Å². The quantitative estimate of drug-likeness (QED) is 0.324. The maximum Gasteiger partial charge on any atom is 0.198 e. The summed E-state index contributed by atoms with van der Waals surface area (Å²) >= 11 is 0. The van der Waals surface area contributed by atoms with E-state index >= 15 is 0 Å². The first-order chi connectivity index (χ1) is 11.4. The SMILES string of the molecule is COCCN=C(NCCc1ccco1)N1CCc2ccccc21.I. The fraction of sp³-hybridized carbons (Fsp3) is 0.389. The van der Waals surface area contributed by atoms with E-state index in [1.807, 2.05) is 12.1 Å². The summed E-state index contributed by atoms with van der Waals surface area (Å²) in [6, 6.07) is 12.4. The highest BCUT2D eigenvalue weighted by Crippen LogP contribution is 2.27. The van der Waals surface area contributed by atoms with Crippen LogP contribution in [-0.4, -0.2) is 39.3 Å². The Kier molecular flexibility index (Phi) is 7.58. The van der Waals surface area contributed by atoms with E-state index in [2.05, 4.69) is 39.5 Å². The summed E-state index contributed by atoms with van der Waals surface area (Å²) in [5.74, 6) is 1.90. The maximum absolute atomic E-state index is 5.38. The van der Waals surface area contributed by atoms with Gasteiger partial charge in [0.05, 0.1) is 19.4 Å². The number of hydrogen-bond acceptors (Lipinski definition) is 3. The number of aliphatic imine (C=N–C) groups is 1. The second kappa shape index (κ2) is 9.68. The van der Waals surface area contributed by atoms with Crippen LogP contribution in [0, 0.1) is 0 Å². The Bertz CT molecular complexity index is 643. The molecule has 0 spiro atoms. The van der Waals surface area contributed by atoms with Crippen LogP contribution < -0.4 is 10.2 Å². The van der Waals surface area contributed by atoms with Gasteiger partial charge in [-0.1, -0.05) is 18.2 Å². The van der Waals surface area contributed by atoms with Crippen LogP contribution in [0.25, 0.3) is 0 Å². The highest BCUT2D eigenvalue weighted by Gasteiger charge is 2.22. The highest BCUT2D eigenvalue weighted by atomic mass is 127. The number of hydrogen-bond donors (Lipinski definition) is 1. The third-order valence-corrected chi connectivity index (χ3v) is 3.93. The number of benzene rings is 1. The summed E-state index contributed by atoms with van der Waals surface area (Å²) < 4.78 is 10.5. The molecule has 0 bridgehead atoms. The molecule has 130 valence electrons. The number of methoxy groups -OCH3 is 1. The summed E-state index contributed by atoms with van der Waals surface area (Å²) in [6.07, 6.45) is 3.60. The van der Waals surface area contributed by atoms with Gasteiger partial charge in [0.1, 0.15) is 5.76 Å². The van der Waals surface area contributed by atoms with Gasteiger partial charge in [0.25, 0.3) is 0 Å². The Labute approximate surface area is 160 Å². The van der Waals surface area contributed by atoms with E-state index in [1.54, 1.807) is 13.4 Å². The Balaban J connectivity index is 0.00000208. The second-order valence-corrected chi connectivity index (χ2v) is 5.48. The van der Waals surface area contributed by atoms with Crippen molar-refractivity contribution in [3.8, 4) is 0 Å². The van der Waals surface area contributed by atoms with E-state index < -0.39 is 0 Å². The van der Waals surface area contributed by atoms with Crippen molar-refractivity contribution in [1.29, 1.82) is 0 Å². The van der Waals surface area contributed by atoms with Gasteiger partial charge in [-0.25, -0.2) is 0 Å². The Morgan fingerprint density at radius 3 is 2.96 bits per heavy atom. The molecule has 3 rings (SSSR count). The lowest BCUT2D eigenvalue weighted by molar-refractivity contribution is 0.208. The van der Waals surface area contributed by atoms with Gasteiger partial charge in [0.2, 0.25) is 0 Å². The van der Waals surface area contributed by atoms with Crippen LogP contribution in [-0.2, 0) is 17.6 Å². The number of guanidine groups is 1. The molecular weight excluding hydrogens is 417 g/mol. The first-order valence-electron chi connectivity index (χ1n) is 8.03. The largest absolute Gasteiger partial charge is 0.469 e. The molecule has 0 saturated carbocycles. The smallest absolute Gasteiger partial charge is 0.198 e. The number of nitrogens with zero attached hydrogens (tertiary/aromatic N) is 2. The summed E-state index contributed by atoms with van der Waals surface area (Å²) in [5, 5.41) is 3.46. The Morgan fingerprint density at radius 1 is 1.29 bits per heavy atom. The monoisotopic (exact) mass is 441 g/mol. The topological polar surface area (TPSA) is 50.0 Å². The zero-order chi connectivity index (χ0) is 15.9. The molecule has 24 heavy (non-hydrogen) atoms. The lowest BCUT2D eigenvalue weighted by Crippen LogP contribution is -2.41. The summed E-state index contributed by atoms with van der Waals surface area (Å²) in [7, 11) is 1.70. The van der Waals surface area contributed by atoms with Crippen molar-refractivity contribution >= 4 is 35.6 Å². The van der Waals surface area contributed by atoms with Crippen molar-refractivity contribution in [2.75, 3.05) is 38.3 Å². The van der Waals surface area contributed by atoms with Crippen molar-refractivity contribution < 1.29 is 9.15 Å². The van der Waals surface area contributed by atoms with Crippen molar-refractivity contribution in [1.82, 2.24) is 5.32 Å². The zero-order valence-electron chi connectivity index (χ0n) is 13.9. The van der Waals surface area contributed by atoms with Crippen LogP contribution in [0.4, 0.5) is 5.69 Å². The lowest BCUT2D eigenvalue weighted by Gasteiger charge is -2.22. The predicted molar refractivity (Wildman–Crippen MR) is 107 cm³/mol. The summed E-state index contributed by atoms with van der Waals surface area (Å²) in [6.45, 7) is 3.02. The van der Waals surface area contributed by atoms with Gasteiger partial charge >= 0.3 is 0 Å². The zero-order valence-corrected chi connectivity index (χ0v) is 16.2. The molecule has 0 unspecified atom stereocenters. The molecule has 2 aromatic rings. The molecule has 0 saturated heterocycles. The van der Waals surface area contributed by atoms with E-state index in [4.69, 9.17) is 9.15 Å². The number of furan rings is 1. The van der Waals surface area contributed by atoms with Crippen molar-refractivity contribution in [2.45, 2.75) is 12.8 Å². The molecule has 0 amide bonds. The van der Waals surface area contributed by atoms with Gasteiger partial charge in [-0.3, -0.25) is 4.99 Å². The minimum absolute atomic E-state index is 0. The third kappa shape index (κ3) is 4.73. The summed E-state index contributed by atoms with van der Waals surface area (Å²) in [5.41, 5.74) is 2.62. The minimum atomic E-state index is 0. The number of anilines is 1. The van der Waals surface area contributed by atoms with Crippen LogP contribution in [0.15, 0.2) is 52.1 Å². The average Bonchev–Trinajstić information content (AvgIpc) is 3.23. The molecule has 1 aliphatic rings. The summed E-state index contributed by atoms with van der Waals surface area (Å²) in [4.78, 5) is 6.95. The molecule has 6 heteroatoms. The molecule has 1 N–H and O–H groups in total. The molecule has 0 radical (unpaired) electrons. The third-order valence-electron chi connectivity index (χ3n) is 3.93. The molecule has 0 atom stereocenters. The van der Waals surface area contributed by atoms with Gasteiger partial charge in [0, 0.05) is 32.3 Å². The number of halogens is 1. The van der Waals surface area contributed by atoms with Gasteiger partial charge in [-0.05, 0) is 30.2 Å². The van der Waals surface area contributed by atoms with E-state index in [0.717, 1.165) is 37.7 Å². The van der Waals surface area contributed by atoms with Crippen LogP contribution in [0.3, 0.4) is 0 Å². The van der Waals surface area contributed by atoms with Gasteiger partial charge in [-0.15, -0.1) is 24.0 Å². The Hall–Kier alpha value is -1.54. The van der Waals surface area contributed by atoms with Gasteiger partial charge in [-0.2, -0.15) is 0 Å². The standard InChI is InChI=1S/C18H23N3O2.HI/c1-22-14-11-20-18(19-10-8-16-6-4-13-23-16)21-12-9-15-5-2-3-7-17(15)21;/h2-7,13H,8-12,14H2,1H3,(H,19,20);1H. The number of nitrogens with one attached hydrogen (secondary N) is 1. The molecular formula is C18H24IN3O2. The molecule has 2 heterocycles. The molecule has 0 fully saturated rings. The van der Waals surface area contributed by atoms with E-state index in [9.17, 15) is 0 Å². The predicted octanol–water partition coefficient (Wildman–Crippen LogP) is 3.09. The molecule has 1 aliphatic heterocycles. The molecule has 1 aromatic carbocycles. The molecule has 5 nitrogen and oxygen atoms in total. The first-order valence-corrected chi connectivity index (χ1v) is 8.03. The fourth-order valence-corrected chi connectivity index (χ4v) is 2.79. The van der Waals surface area contributed by atoms with Crippen molar-refractivity contribution in [3.05, 3.63) is 54.0 Å².